The smallest absolute Gasteiger partial charge is 0.357 e. The zero-order valence-electron chi connectivity index (χ0n) is 11.8. The highest BCUT2D eigenvalue weighted by Crippen LogP contribution is 2.16. The van der Waals surface area contributed by atoms with Crippen molar-refractivity contribution in [3.8, 4) is 0 Å². The summed E-state index contributed by atoms with van der Waals surface area (Å²) in [5.74, 6) is -0.211. The van der Waals surface area contributed by atoms with Gasteiger partial charge in [0.2, 0.25) is 0 Å². The van der Waals surface area contributed by atoms with Crippen LogP contribution in [0, 0.1) is 5.92 Å². The summed E-state index contributed by atoms with van der Waals surface area (Å²) in [6.45, 7) is 3.40. The van der Waals surface area contributed by atoms with Crippen molar-refractivity contribution in [3.63, 3.8) is 0 Å². The monoisotopic (exact) mass is 290 g/mol. The Balaban J connectivity index is 1.78. The van der Waals surface area contributed by atoms with Gasteiger partial charge in [0.1, 0.15) is 0 Å². The van der Waals surface area contributed by atoms with E-state index in [4.69, 9.17) is 0 Å². The summed E-state index contributed by atoms with van der Waals surface area (Å²) in [6.07, 6.45) is 1.93. The van der Waals surface area contributed by atoms with Crippen LogP contribution < -0.4 is 5.69 Å². The molecule has 7 heteroatoms. The van der Waals surface area contributed by atoms with Crippen molar-refractivity contribution in [1.82, 2.24) is 19.1 Å². The molecule has 3 rings (SSSR count). The minimum absolute atomic E-state index is 0.129. The lowest BCUT2D eigenvalue weighted by Gasteiger charge is -2.33. The lowest BCUT2D eigenvalue weighted by Crippen LogP contribution is -2.46. The molecule has 0 amide bonds. The van der Waals surface area contributed by atoms with Crippen LogP contribution in [-0.2, 0) is 0 Å². The Morgan fingerprint density at radius 3 is 3.00 bits per heavy atom. The fourth-order valence-electron chi connectivity index (χ4n) is 2.71. The number of rotatable bonds is 2. The second kappa shape index (κ2) is 5.42. The van der Waals surface area contributed by atoms with Gasteiger partial charge in [-0.05, 0) is 24.5 Å². The SMILES string of the molecule is CC1CN(CC(=O)n2nc3ccccn3c2=O)CCC1O. The summed E-state index contributed by atoms with van der Waals surface area (Å²) < 4.78 is 2.27. The standard InChI is InChI=1S/C14H18N4O3/c1-10-8-16(7-5-11(10)19)9-13(20)18-14(21)17-6-3-2-4-12(17)15-18/h2-4,6,10-11,19H,5,7-9H2,1H3. The Labute approximate surface area is 121 Å². The van der Waals surface area contributed by atoms with Gasteiger partial charge in [-0.1, -0.05) is 13.0 Å². The lowest BCUT2D eigenvalue weighted by atomic mass is 9.97. The quantitative estimate of drug-likeness (QED) is 0.831. The van der Waals surface area contributed by atoms with Gasteiger partial charge in [0.15, 0.2) is 5.65 Å². The molecule has 3 heterocycles. The third-order valence-corrected chi connectivity index (χ3v) is 3.97. The maximum absolute atomic E-state index is 12.3. The molecule has 0 radical (unpaired) electrons. The summed E-state index contributed by atoms with van der Waals surface area (Å²) in [5, 5.41) is 13.8. The molecule has 0 bridgehead atoms. The van der Waals surface area contributed by atoms with E-state index in [0.29, 0.717) is 25.2 Å². The Bertz CT molecular complexity index is 720. The highest BCUT2D eigenvalue weighted by molar-refractivity contribution is 5.80. The first kappa shape index (κ1) is 14.0. The maximum atomic E-state index is 12.3. The van der Waals surface area contributed by atoms with Gasteiger partial charge in [-0.25, -0.2) is 9.20 Å². The summed E-state index contributed by atoms with van der Waals surface area (Å²) in [5.41, 5.74) is 0.0129. The Morgan fingerprint density at radius 1 is 1.48 bits per heavy atom. The van der Waals surface area contributed by atoms with Gasteiger partial charge < -0.3 is 5.11 Å². The third-order valence-electron chi connectivity index (χ3n) is 3.97. The van der Waals surface area contributed by atoms with Gasteiger partial charge in [-0.3, -0.25) is 9.69 Å². The molecule has 112 valence electrons. The molecule has 1 fully saturated rings. The number of piperidine rings is 1. The number of carbonyl (C=O) groups is 1. The Morgan fingerprint density at radius 2 is 2.29 bits per heavy atom. The molecule has 2 aromatic rings. The molecule has 21 heavy (non-hydrogen) atoms. The molecular formula is C14H18N4O3. The Kier molecular flexibility index (Phi) is 3.60. The zero-order valence-corrected chi connectivity index (χ0v) is 11.8. The summed E-state index contributed by atoms with van der Waals surface area (Å²) in [4.78, 5) is 26.3. The predicted octanol–water partition coefficient (Wildman–Crippen LogP) is -0.161. The molecule has 0 aromatic carbocycles. The first-order valence-corrected chi connectivity index (χ1v) is 7.06. The van der Waals surface area contributed by atoms with Crippen molar-refractivity contribution in [2.24, 2.45) is 5.92 Å². The van der Waals surface area contributed by atoms with Gasteiger partial charge in [0.25, 0.3) is 5.91 Å². The van der Waals surface area contributed by atoms with Crippen molar-refractivity contribution >= 4 is 11.6 Å². The topological polar surface area (TPSA) is 79.8 Å². The molecule has 0 spiro atoms. The number of nitrogens with zero attached hydrogens (tertiary/aromatic N) is 4. The van der Waals surface area contributed by atoms with Crippen molar-refractivity contribution in [3.05, 3.63) is 34.9 Å². The summed E-state index contributed by atoms with van der Waals surface area (Å²) >= 11 is 0. The van der Waals surface area contributed by atoms with Crippen LogP contribution in [0.15, 0.2) is 29.2 Å². The molecule has 2 unspecified atom stereocenters. The van der Waals surface area contributed by atoms with Crippen LogP contribution in [0.25, 0.3) is 5.65 Å². The number of likely N-dealkylation sites (tertiary alicyclic amines) is 1. The van der Waals surface area contributed by atoms with E-state index in [1.165, 1.54) is 4.40 Å². The van der Waals surface area contributed by atoms with Crippen molar-refractivity contribution in [2.45, 2.75) is 19.4 Å². The van der Waals surface area contributed by atoms with Gasteiger partial charge >= 0.3 is 5.69 Å². The van der Waals surface area contributed by atoms with Crippen LogP contribution in [0.5, 0.6) is 0 Å². The second-order valence-corrected chi connectivity index (χ2v) is 5.59. The number of aliphatic hydroxyl groups is 1. The van der Waals surface area contributed by atoms with Gasteiger partial charge in [0, 0.05) is 19.3 Å². The lowest BCUT2D eigenvalue weighted by molar-refractivity contribution is 0.0321. The van der Waals surface area contributed by atoms with E-state index < -0.39 is 5.69 Å². The van der Waals surface area contributed by atoms with Crippen LogP contribution in [0.2, 0.25) is 0 Å². The first-order chi connectivity index (χ1) is 10.1. The minimum Gasteiger partial charge on any atom is -0.393 e. The van der Waals surface area contributed by atoms with Crippen molar-refractivity contribution in [2.75, 3.05) is 19.6 Å². The van der Waals surface area contributed by atoms with E-state index in [1.807, 2.05) is 11.8 Å². The fraction of sp³-hybridized carbons (Fsp3) is 0.500. The predicted molar refractivity (Wildman–Crippen MR) is 76.3 cm³/mol. The molecule has 1 N–H and O–H groups in total. The molecule has 1 aliphatic heterocycles. The molecule has 1 aliphatic rings. The average molecular weight is 290 g/mol. The normalized spacial score (nSPS) is 23.5. The highest BCUT2D eigenvalue weighted by Gasteiger charge is 2.26. The van der Waals surface area contributed by atoms with Crippen LogP contribution in [0.3, 0.4) is 0 Å². The van der Waals surface area contributed by atoms with E-state index in [0.717, 1.165) is 4.68 Å². The number of aromatic nitrogens is 3. The summed E-state index contributed by atoms with van der Waals surface area (Å²) in [6, 6.07) is 5.17. The van der Waals surface area contributed by atoms with Crippen molar-refractivity contribution < 1.29 is 9.90 Å². The number of fused-ring (bicyclic) bond motifs is 1. The summed E-state index contributed by atoms with van der Waals surface area (Å²) in [7, 11) is 0. The number of carbonyl (C=O) groups excluding carboxylic acids is 1. The Hall–Kier alpha value is -1.99. The molecule has 2 atom stereocenters. The van der Waals surface area contributed by atoms with Crippen LogP contribution >= 0.6 is 0 Å². The van der Waals surface area contributed by atoms with Crippen LogP contribution in [0.4, 0.5) is 0 Å². The number of hydrogen-bond acceptors (Lipinski definition) is 5. The zero-order chi connectivity index (χ0) is 15.0. The van der Waals surface area contributed by atoms with E-state index in [-0.39, 0.29) is 24.5 Å². The third kappa shape index (κ3) is 2.62. The van der Waals surface area contributed by atoms with Crippen LogP contribution in [-0.4, -0.2) is 55.8 Å². The van der Waals surface area contributed by atoms with E-state index >= 15 is 0 Å². The van der Waals surface area contributed by atoms with E-state index in [2.05, 4.69) is 5.10 Å². The minimum atomic E-state index is -0.444. The molecule has 0 aliphatic carbocycles. The average Bonchev–Trinajstić information content (AvgIpc) is 2.81. The number of pyridine rings is 1. The molecular weight excluding hydrogens is 272 g/mol. The van der Waals surface area contributed by atoms with Gasteiger partial charge in [0.05, 0.1) is 12.6 Å². The largest absolute Gasteiger partial charge is 0.393 e. The maximum Gasteiger partial charge on any atom is 0.357 e. The molecule has 1 saturated heterocycles. The highest BCUT2D eigenvalue weighted by atomic mass is 16.3. The van der Waals surface area contributed by atoms with Gasteiger partial charge in [-0.15, -0.1) is 9.78 Å². The molecule has 2 aromatic heterocycles. The van der Waals surface area contributed by atoms with E-state index in [9.17, 15) is 14.7 Å². The second-order valence-electron chi connectivity index (χ2n) is 5.59. The first-order valence-electron chi connectivity index (χ1n) is 7.06. The fourth-order valence-corrected chi connectivity index (χ4v) is 2.71. The van der Waals surface area contributed by atoms with Crippen molar-refractivity contribution in [1.29, 1.82) is 0 Å². The number of hydrogen-bond donors (Lipinski definition) is 1. The van der Waals surface area contributed by atoms with E-state index in [1.54, 1.807) is 24.4 Å². The number of aliphatic hydroxyl groups excluding tert-OH is 1. The molecule has 7 nitrogen and oxygen atoms in total. The van der Waals surface area contributed by atoms with Crippen LogP contribution in [0.1, 0.15) is 18.1 Å². The van der Waals surface area contributed by atoms with Gasteiger partial charge in [-0.2, -0.15) is 0 Å². The molecule has 0 saturated carbocycles.